The van der Waals surface area contributed by atoms with Crippen LogP contribution in [0.3, 0.4) is 0 Å². The molecule has 0 aromatic rings. The number of carbonyl (C=O) groups excluding carboxylic acids is 1. The third-order valence-electron chi connectivity index (χ3n) is 3.01. The van der Waals surface area contributed by atoms with Crippen molar-refractivity contribution in [1.29, 1.82) is 0 Å². The SMILES string of the molecule is CCOC(C)(C)C(C)(C)C(=O)CO[P+](=O)O. The predicted molar refractivity (Wildman–Crippen MR) is 60.3 cm³/mol. The lowest BCUT2D eigenvalue weighted by Gasteiger charge is -2.39. The van der Waals surface area contributed by atoms with E-state index in [1.807, 2.05) is 20.8 Å². The Balaban J connectivity index is 4.63. The first-order valence-electron chi connectivity index (χ1n) is 5.11. The molecule has 1 N–H and O–H groups in total. The van der Waals surface area contributed by atoms with Crippen molar-refractivity contribution in [2.45, 2.75) is 40.2 Å². The van der Waals surface area contributed by atoms with Crippen LogP contribution in [0.2, 0.25) is 0 Å². The Labute approximate surface area is 97.1 Å². The molecule has 0 aliphatic rings. The highest BCUT2D eigenvalue weighted by atomic mass is 31.1. The molecule has 0 radical (unpaired) electrons. The summed E-state index contributed by atoms with van der Waals surface area (Å²) in [7, 11) is -2.74. The summed E-state index contributed by atoms with van der Waals surface area (Å²) in [6.45, 7) is 9.07. The van der Waals surface area contributed by atoms with Gasteiger partial charge in [-0.15, -0.1) is 9.42 Å². The molecule has 0 bridgehead atoms. The van der Waals surface area contributed by atoms with E-state index in [-0.39, 0.29) is 12.4 Å². The van der Waals surface area contributed by atoms with E-state index in [4.69, 9.17) is 9.63 Å². The van der Waals surface area contributed by atoms with Gasteiger partial charge in [-0.1, -0.05) is 13.8 Å². The second-order valence-corrected chi connectivity index (χ2v) is 5.24. The van der Waals surface area contributed by atoms with Gasteiger partial charge >= 0.3 is 8.25 Å². The van der Waals surface area contributed by atoms with Crippen molar-refractivity contribution >= 4 is 14.0 Å². The Bertz CT molecular complexity index is 272. The van der Waals surface area contributed by atoms with Crippen LogP contribution in [-0.2, 0) is 18.6 Å². The average molecular weight is 251 g/mol. The summed E-state index contributed by atoms with van der Waals surface area (Å²) in [5.41, 5.74) is -1.43. The van der Waals surface area contributed by atoms with Crippen LogP contribution in [0.1, 0.15) is 34.6 Å². The molecule has 5 nitrogen and oxygen atoms in total. The summed E-state index contributed by atoms with van der Waals surface area (Å²) in [6, 6.07) is 0. The van der Waals surface area contributed by atoms with Crippen molar-refractivity contribution in [3.8, 4) is 0 Å². The Hall–Kier alpha value is -0.350. The van der Waals surface area contributed by atoms with E-state index in [0.717, 1.165) is 0 Å². The Morgan fingerprint density at radius 2 is 1.81 bits per heavy atom. The van der Waals surface area contributed by atoms with Crippen molar-refractivity contribution in [1.82, 2.24) is 0 Å². The van der Waals surface area contributed by atoms with Crippen LogP contribution in [0.15, 0.2) is 0 Å². The summed E-state index contributed by atoms with van der Waals surface area (Å²) in [6.07, 6.45) is 0. The summed E-state index contributed by atoms with van der Waals surface area (Å²) in [5.74, 6) is -0.261. The van der Waals surface area contributed by atoms with Crippen LogP contribution in [0.25, 0.3) is 0 Å². The zero-order valence-electron chi connectivity index (χ0n) is 10.4. The van der Waals surface area contributed by atoms with Gasteiger partial charge in [0.1, 0.15) is 0 Å². The van der Waals surface area contributed by atoms with Gasteiger partial charge in [-0.25, -0.2) is 0 Å². The van der Waals surface area contributed by atoms with Gasteiger partial charge in [0, 0.05) is 11.2 Å². The lowest BCUT2D eigenvalue weighted by Crippen LogP contribution is -2.48. The number of Topliss-reactive ketones (excluding diaryl/α,β-unsaturated/α-hetero) is 1. The van der Waals surface area contributed by atoms with Crippen LogP contribution in [0.4, 0.5) is 0 Å². The normalized spacial score (nSPS) is 13.8. The Morgan fingerprint density at radius 1 is 1.31 bits per heavy atom. The summed E-state index contributed by atoms with van der Waals surface area (Å²) in [4.78, 5) is 20.3. The minimum Gasteiger partial charge on any atom is -0.375 e. The molecule has 0 aromatic heterocycles. The van der Waals surface area contributed by atoms with Gasteiger partial charge in [-0.3, -0.25) is 4.79 Å². The fourth-order valence-electron chi connectivity index (χ4n) is 1.17. The second-order valence-electron chi connectivity index (χ2n) is 4.50. The first-order chi connectivity index (χ1) is 7.15. The van der Waals surface area contributed by atoms with Crippen LogP contribution in [0.5, 0.6) is 0 Å². The van der Waals surface area contributed by atoms with Crippen LogP contribution >= 0.6 is 8.25 Å². The largest absolute Gasteiger partial charge is 0.695 e. The molecule has 0 rings (SSSR count). The molecule has 0 saturated heterocycles. The first-order valence-corrected chi connectivity index (χ1v) is 6.24. The number of ketones is 1. The fraction of sp³-hybridized carbons (Fsp3) is 0.900. The van der Waals surface area contributed by atoms with Crippen LogP contribution in [0, 0.1) is 5.41 Å². The van der Waals surface area contributed by atoms with Gasteiger partial charge in [0.25, 0.3) is 0 Å². The molecule has 0 spiro atoms. The van der Waals surface area contributed by atoms with Gasteiger partial charge < -0.3 is 4.74 Å². The monoisotopic (exact) mass is 251 g/mol. The van der Waals surface area contributed by atoms with Crippen molar-refractivity contribution in [2.24, 2.45) is 5.41 Å². The van der Waals surface area contributed by atoms with Gasteiger partial charge in [-0.2, -0.15) is 0 Å². The Morgan fingerprint density at radius 3 is 2.19 bits per heavy atom. The molecule has 16 heavy (non-hydrogen) atoms. The third kappa shape index (κ3) is 3.91. The molecule has 0 amide bonds. The highest BCUT2D eigenvalue weighted by molar-refractivity contribution is 7.32. The molecule has 0 aliphatic carbocycles. The third-order valence-corrected chi connectivity index (χ3v) is 3.36. The van der Waals surface area contributed by atoms with Crippen molar-refractivity contribution < 1.29 is 23.5 Å². The Kier molecular flexibility index (Phi) is 5.70. The average Bonchev–Trinajstić information content (AvgIpc) is 2.13. The fourth-order valence-corrected chi connectivity index (χ4v) is 1.40. The molecular formula is C10H20O5P+. The van der Waals surface area contributed by atoms with E-state index in [9.17, 15) is 9.36 Å². The quantitative estimate of drug-likeness (QED) is 0.701. The maximum Gasteiger partial charge on any atom is 0.695 e. The van der Waals surface area contributed by atoms with Crippen LogP contribution in [-0.4, -0.2) is 29.5 Å². The zero-order chi connectivity index (χ0) is 13.0. The molecule has 94 valence electrons. The van der Waals surface area contributed by atoms with Gasteiger partial charge in [-0.05, 0) is 20.8 Å². The highest BCUT2D eigenvalue weighted by Crippen LogP contribution is 2.35. The molecule has 0 aromatic carbocycles. The summed E-state index contributed by atoms with van der Waals surface area (Å²) < 4.78 is 20.3. The highest BCUT2D eigenvalue weighted by Gasteiger charge is 2.44. The molecule has 0 fully saturated rings. The van der Waals surface area contributed by atoms with Crippen molar-refractivity contribution in [3.05, 3.63) is 0 Å². The molecule has 1 unspecified atom stereocenters. The van der Waals surface area contributed by atoms with E-state index >= 15 is 0 Å². The molecule has 0 heterocycles. The maximum absolute atomic E-state index is 11.8. The van der Waals surface area contributed by atoms with Crippen molar-refractivity contribution in [2.75, 3.05) is 13.2 Å². The van der Waals surface area contributed by atoms with E-state index in [1.165, 1.54) is 0 Å². The second kappa shape index (κ2) is 5.82. The molecular weight excluding hydrogens is 231 g/mol. The molecule has 0 aliphatic heterocycles. The van der Waals surface area contributed by atoms with E-state index in [0.29, 0.717) is 6.61 Å². The molecule has 1 atom stereocenters. The lowest BCUT2D eigenvalue weighted by molar-refractivity contribution is -0.149. The number of carbonyl (C=O) groups is 1. The number of rotatable bonds is 7. The van der Waals surface area contributed by atoms with E-state index in [2.05, 4.69) is 4.52 Å². The lowest BCUT2D eigenvalue weighted by atomic mass is 9.74. The van der Waals surface area contributed by atoms with Gasteiger partial charge in [0.15, 0.2) is 12.4 Å². The minimum atomic E-state index is -2.74. The smallest absolute Gasteiger partial charge is 0.375 e. The summed E-state index contributed by atoms with van der Waals surface area (Å²) in [5, 5.41) is 0. The van der Waals surface area contributed by atoms with E-state index < -0.39 is 19.3 Å². The number of hydrogen-bond donors (Lipinski definition) is 1. The number of hydrogen-bond acceptors (Lipinski definition) is 4. The minimum absolute atomic E-state index is 0.261. The van der Waals surface area contributed by atoms with Gasteiger partial charge in [0.2, 0.25) is 0 Å². The zero-order valence-corrected chi connectivity index (χ0v) is 11.3. The number of ether oxygens (including phenoxy) is 1. The summed E-state index contributed by atoms with van der Waals surface area (Å²) >= 11 is 0. The van der Waals surface area contributed by atoms with Crippen molar-refractivity contribution in [3.63, 3.8) is 0 Å². The predicted octanol–water partition coefficient (Wildman–Crippen LogP) is 2.06. The first kappa shape index (κ1) is 15.7. The van der Waals surface area contributed by atoms with E-state index in [1.54, 1.807) is 13.8 Å². The molecule has 6 heteroatoms. The van der Waals surface area contributed by atoms with Crippen LogP contribution < -0.4 is 0 Å². The van der Waals surface area contributed by atoms with Gasteiger partial charge in [0.05, 0.1) is 11.0 Å². The topological polar surface area (TPSA) is 72.8 Å². The maximum atomic E-state index is 11.8. The standard InChI is InChI=1S/C10H19O5P/c1-6-14-10(4,5)9(2,3)8(11)7-15-16(12)13/h6-7H2,1-5H3/p+1. The molecule has 0 saturated carbocycles.